The standard InChI is InChI=1S/C11H14BrN3O4/c1-2-19-9-4-6(3-7(12)11(9)18)10(17)8(16)5-14-15-13/h3-4,8,10,16-18H,2,5H2,1H3. The van der Waals surface area contributed by atoms with Crippen LogP contribution in [0.1, 0.15) is 18.6 Å². The van der Waals surface area contributed by atoms with Crippen LogP contribution in [-0.2, 0) is 0 Å². The van der Waals surface area contributed by atoms with Gasteiger partial charge in [0.25, 0.3) is 0 Å². The molecule has 104 valence electrons. The van der Waals surface area contributed by atoms with E-state index in [1.165, 1.54) is 12.1 Å². The number of aliphatic hydroxyl groups excluding tert-OH is 2. The molecule has 0 aliphatic rings. The summed E-state index contributed by atoms with van der Waals surface area (Å²) in [5, 5.41) is 32.5. The molecule has 8 heteroatoms. The van der Waals surface area contributed by atoms with E-state index in [1.807, 2.05) is 0 Å². The van der Waals surface area contributed by atoms with E-state index in [1.54, 1.807) is 6.92 Å². The fraction of sp³-hybridized carbons (Fsp3) is 0.455. The molecule has 1 aromatic rings. The summed E-state index contributed by atoms with van der Waals surface area (Å²) in [5.74, 6) is 0.115. The van der Waals surface area contributed by atoms with Gasteiger partial charge in [-0.25, -0.2) is 0 Å². The third kappa shape index (κ3) is 4.00. The number of ether oxygens (including phenoxy) is 1. The SMILES string of the molecule is CCOc1cc(C(O)C(O)CN=[N+]=[N-])cc(Br)c1O. The van der Waals surface area contributed by atoms with Crippen molar-refractivity contribution < 1.29 is 20.1 Å². The normalized spacial score (nSPS) is 13.5. The van der Waals surface area contributed by atoms with Gasteiger partial charge in [-0.2, -0.15) is 0 Å². The molecule has 0 fully saturated rings. The molecule has 7 nitrogen and oxygen atoms in total. The fourth-order valence-electron chi connectivity index (χ4n) is 1.47. The lowest BCUT2D eigenvalue weighted by molar-refractivity contribution is 0.0242. The van der Waals surface area contributed by atoms with Crippen molar-refractivity contribution in [3.63, 3.8) is 0 Å². The van der Waals surface area contributed by atoms with Crippen molar-refractivity contribution in [2.45, 2.75) is 19.1 Å². The van der Waals surface area contributed by atoms with Gasteiger partial charge in [-0.1, -0.05) is 5.11 Å². The Bertz CT molecular complexity index is 491. The summed E-state index contributed by atoms with van der Waals surface area (Å²) < 4.78 is 5.55. The van der Waals surface area contributed by atoms with E-state index in [4.69, 9.17) is 10.3 Å². The molecule has 0 aliphatic carbocycles. The number of nitrogens with zero attached hydrogens (tertiary/aromatic N) is 3. The number of benzene rings is 1. The van der Waals surface area contributed by atoms with Gasteiger partial charge in [-0.15, -0.1) is 0 Å². The molecule has 19 heavy (non-hydrogen) atoms. The second kappa shape index (κ2) is 7.20. The molecule has 0 amide bonds. The zero-order valence-electron chi connectivity index (χ0n) is 10.2. The second-order valence-corrected chi connectivity index (χ2v) is 4.56. The van der Waals surface area contributed by atoms with Gasteiger partial charge in [0.15, 0.2) is 11.5 Å². The maximum absolute atomic E-state index is 9.93. The summed E-state index contributed by atoms with van der Waals surface area (Å²) in [4.78, 5) is 2.51. The lowest BCUT2D eigenvalue weighted by Gasteiger charge is -2.18. The molecule has 0 aliphatic heterocycles. The Morgan fingerprint density at radius 2 is 2.16 bits per heavy atom. The Kier molecular flexibility index (Phi) is 5.91. The van der Waals surface area contributed by atoms with E-state index >= 15 is 0 Å². The van der Waals surface area contributed by atoms with E-state index in [2.05, 4.69) is 26.0 Å². The molecule has 2 atom stereocenters. The maximum atomic E-state index is 9.93. The van der Waals surface area contributed by atoms with Crippen LogP contribution < -0.4 is 4.74 Å². The largest absolute Gasteiger partial charge is 0.503 e. The zero-order chi connectivity index (χ0) is 14.4. The molecule has 0 spiro atoms. The van der Waals surface area contributed by atoms with E-state index in [-0.39, 0.29) is 18.0 Å². The Balaban J connectivity index is 3.02. The average molecular weight is 332 g/mol. The van der Waals surface area contributed by atoms with Crippen LogP contribution in [0, 0.1) is 0 Å². The first kappa shape index (κ1) is 15.6. The van der Waals surface area contributed by atoms with Crippen LogP contribution in [0.15, 0.2) is 21.7 Å². The van der Waals surface area contributed by atoms with Crippen molar-refractivity contribution in [2.24, 2.45) is 5.11 Å². The number of hydrogen-bond donors (Lipinski definition) is 3. The van der Waals surface area contributed by atoms with Gasteiger partial charge in [-0.05, 0) is 46.1 Å². The minimum atomic E-state index is -1.25. The first-order chi connectivity index (χ1) is 9.01. The first-order valence-corrected chi connectivity index (χ1v) is 6.32. The van der Waals surface area contributed by atoms with Crippen LogP contribution in [0.25, 0.3) is 10.4 Å². The lowest BCUT2D eigenvalue weighted by atomic mass is 10.0. The second-order valence-electron chi connectivity index (χ2n) is 3.71. The van der Waals surface area contributed by atoms with E-state index in [9.17, 15) is 15.3 Å². The highest BCUT2D eigenvalue weighted by Crippen LogP contribution is 2.37. The molecule has 0 saturated carbocycles. The van der Waals surface area contributed by atoms with Crippen LogP contribution in [0.5, 0.6) is 11.5 Å². The number of aliphatic hydroxyl groups is 2. The van der Waals surface area contributed by atoms with Gasteiger partial charge in [0.1, 0.15) is 6.10 Å². The van der Waals surface area contributed by atoms with Gasteiger partial charge < -0.3 is 20.1 Å². The highest BCUT2D eigenvalue weighted by Gasteiger charge is 2.20. The Morgan fingerprint density at radius 1 is 1.47 bits per heavy atom. The van der Waals surface area contributed by atoms with Crippen molar-refractivity contribution >= 4 is 15.9 Å². The average Bonchev–Trinajstić information content (AvgIpc) is 2.40. The summed E-state index contributed by atoms with van der Waals surface area (Å²) in [5.41, 5.74) is 8.51. The minimum absolute atomic E-state index is 0.0812. The van der Waals surface area contributed by atoms with Crippen molar-refractivity contribution in [2.75, 3.05) is 13.2 Å². The maximum Gasteiger partial charge on any atom is 0.172 e. The van der Waals surface area contributed by atoms with Gasteiger partial charge in [0, 0.05) is 4.91 Å². The van der Waals surface area contributed by atoms with E-state index in [0.717, 1.165) is 0 Å². The van der Waals surface area contributed by atoms with Gasteiger partial charge in [0.2, 0.25) is 0 Å². The third-order valence-corrected chi connectivity index (χ3v) is 2.99. The molecule has 0 bridgehead atoms. The highest BCUT2D eigenvalue weighted by molar-refractivity contribution is 9.10. The van der Waals surface area contributed by atoms with Crippen LogP contribution in [0.2, 0.25) is 0 Å². The summed E-state index contributed by atoms with van der Waals surface area (Å²) in [6, 6.07) is 2.88. The molecule has 0 saturated heterocycles. The monoisotopic (exact) mass is 331 g/mol. The zero-order valence-corrected chi connectivity index (χ0v) is 11.8. The van der Waals surface area contributed by atoms with Crippen molar-refractivity contribution in [1.29, 1.82) is 0 Å². The number of hydrogen-bond acceptors (Lipinski definition) is 5. The number of azide groups is 1. The fourth-order valence-corrected chi connectivity index (χ4v) is 1.93. The summed E-state index contributed by atoms with van der Waals surface area (Å²) in [6.07, 6.45) is -2.48. The molecule has 2 unspecified atom stereocenters. The number of phenolic OH excluding ortho intramolecular Hbond substituents is 1. The van der Waals surface area contributed by atoms with E-state index in [0.29, 0.717) is 16.6 Å². The van der Waals surface area contributed by atoms with E-state index < -0.39 is 12.2 Å². The van der Waals surface area contributed by atoms with Crippen LogP contribution in [0.4, 0.5) is 0 Å². The molecular weight excluding hydrogens is 318 g/mol. The van der Waals surface area contributed by atoms with Crippen LogP contribution in [-0.4, -0.2) is 34.6 Å². The predicted octanol–water partition coefficient (Wildman–Crippen LogP) is 2.26. The predicted molar refractivity (Wildman–Crippen MR) is 72.0 cm³/mol. The Hall–Kier alpha value is -1.47. The number of phenols is 1. The third-order valence-electron chi connectivity index (χ3n) is 2.39. The van der Waals surface area contributed by atoms with Crippen LogP contribution in [0.3, 0.4) is 0 Å². The topological polar surface area (TPSA) is 119 Å². The molecule has 0 radical (unpaired) electrons. The Labute approximate surface area is 118 Å². The number of rotatable bonds is 6. The van der Waals surface area contributed by atoms with Crippen LogP contribution >= 0.6 is 15.9 Å². The molecule has 1 aromatic carbocycles. The van der Waals surface area contributed by atoms with Gasteiger partial charge in [-0.3, -0.25) is 0 Å². The van der Waals surface area contributed by atoms with Gasteiger partial charge >= 0.3 is 0 Å². The summed E-state index contributed by atoms with van der Waals surface area (Å²) in [6.45, 7) is 1.86. The van der Waals surface area contributed by atoms with Crippen molar-refractivity contribution in [3.05, 3.63) is 32.6 Å². The number of halogens is 1. The first-order valence-electron chi connectivity index (χ1n) is 5.53. The smallest absolute Gasteiger partial charge is 0.172 e. The molecule has 0 heterocycles. The van der Waals surface area contributed by atoms with Crippen molar-refractivity contribution in [3.8, 4) is 11.5 Å². The number of aromatic hydroxyl groups is 1. The highest BCUT2D eigenvalue weighted by atomic mass is 79.9. The lowest BCUT2D eigenvalue weighted by Crippen LogP contribution is -2.21. The summed E-state index contributed by atoms with van der Waals surface area (Å²) in [7, 11) is 0. The molecule has 0 aromatic heterocycles. The molecular formula is C11H14BrN3O4. The van der Waals surface area contributed by atoms with Gasteiger partial charge in [0.05, 0.1) is 23.7 Å². The molecule has 1 rings (SSSR count). The summed E-state index contributed by atoms with van der Waals surface area (Å²) >= 11 is 3.13. The Morgan fingerprint density at radius 3 is 2.74 bits per heavy atom. The quantitative estimate of drug-likeness (QED) is 0.420. The molecule has 3 N–H and O–H groups in total. The minimum Gasteiger partial charge on any atom is -0.503 e. The van der Waals surface area contributed by atoms with Crippen molar-refractivity contribution in [1.82, 2.24) is 0 Å².